The SMILES string of the molecule is CCCCCCCCCCCCc1ccccc1S(=O)(=O)O.CO.[Ca+2].[H-].[H-]. The number of unbranched alkanes of at least 4 members (excludes halogenated alkanes) is 9. The zero-order chi connectivity index (χ0) is 18.3. The van der Waals surface area contributed by atoms with Gasteiger partial charge >= 0.3 is 37.7 Å². The van der Waals surface area contributed by atoms with Crippen LogP contribution >= 0.6 is 0 Å². The van der Waals surface area contributed by atoms with Crippen molar-refractivity contribution in [3.8, 4) is 0 Å². The van der Waals surface area contributed by atoms with Crippen LogP contribution in [0.1, 0.15) is 79.5 Å². The normalized spacial score (nSPS) is 10.6. The zero-order valence-electron chi connectivity index (χ0n) is 17.9. The fraction of sp³-hybridized carbons (Fsp3) is 0.684. The van der Waals surface area contributed by atoms with E-state index in [1.807, 2.05) is 6.07 Å². The third kappa shape index (κ3) is 14.1. The summed E-state index contributed by atoms with van der Waals surface area (Å²) in [7, 11) is -3.10. The summed E-state index contributed by atoms with van der Waals surface area (Å²) in [5, 5.41) is 7.00. The van der Waals surface area contributed by atoms with Gasteiger partial charge in [0.15, 0.2) is 0 Å². The van der Waals surface area contributed by atoms with Crippen LogP contribution in [0.25, 0.3) is 0 Å². The van der Waals surface area contributed by atoms with E-state index in [0.717, 1.165) is 25.5 Å². The fourth-order valence-corrected chi connectivity index (χ4v) is 3.52. The van der Waals surface area contributed by atoms with Crippen LogP contribution in [-0.4, -0.2) is 62.9 Å². The van der Waals surface area contributed by atoms with Crippen molar-refractivity contribution in [1.82, 2.24) is 0 Å². The van der Waals surface area contributed by atoms with Gasteiger partial charge in [0.25, 0.3) is 10.1 Å². The largest absolute Gasteiger partial charge is 2.00 e. The van der Waals surface area contributed by atoms with E-state index in [-0.39, 0.29) is 45.5 Å². The molecule has 0 saturated heterocycles. The van der Waals surface area contributed by atoms with Gasteiger partial charge in [-0.25, -0.2) is 0 Å². The Balaban J connectivity index is -0.000000511. The van der Waals surface area contributed by atoms with Gasteiger partial charge in [-0.1, -0.05) is 82.9 Å². The summed E-state index contributed by atoms with van der Waals surface area (Å²) in [5.41, 5.74) is 0.726. The Morgan fingerprint density at radius 1 is 0.840 bits per heavy atom. The molecule has 144 valence electrons. The minimum absolute atomic E-state index is 0. The second kappa shape index (κ2) is 17.7. The maximum Gasteiger partial charge on any atom is 2.00 e. The van der Waals surface area contributed by atoms with Crippen molar-refractivity contribution >= 4 is 47.9 Å². The van der Waals surface area contributed by atoms with Gasteiger partial charge in [-0.3, -0.25) is 4.55 Å². The van der Waals surface area contributed by atoms with Gasteiger partial charge in [-0.2, -0.15) is 8.42 Å². The van der Waals surface area contributed by atoms with E-state index in [1.54, 1.807) is 12.1 Å². The summed E-state index contributed by atoms with van der Waals surface area (Å²) in [6.45, 7) is 2.24. The van der Waals surface area contributed by atoms with Crippen LogP contribution in [-0.2, 0) is 16.5 Å². The first-order chi connectivity index (χ1) is 11.6. The Morgan fingerprint density at radius 2 is 1.28 bits per heavy atom. The number of aryl methyl sites for hydroxylation is 1. The van der Waals surface area contributed by atoms with E-state index >= 15 is 0 Å². The van der Waals surface area contributed by atoms with Crippen molar-refractivity contribution in [2.75, 3.05) is 7.11 Å². The standard InChI is InChI=1S/C18H30O3S.CH4O.Ca.2H/c1-2-3-4-5-6-7-8-9-10-11-14-17-15-12-13-16-18(17)22(19,20)21;1-2;;;/h12-13,15-16H,2-11,14H2,1H3,(H,19,20,21);2H,1H3;;;/q;;+2;2*-1. The average Bonchev–Trinajstić information content (AvgIpc) is 2.58. The molecule has 0 amide bonds. The number of aliphatic hydroxyl groups excluding tert-OH is 1. The number of hydrogen-bond donors (Lipinski definition) is 2. The molecule has 0 bridgehead atoms. The molecular weight excluding hydrogens is 364 g/mol. The van der Waals surface area contributed by atoms with Crippen LogP contribution in [0.3, 0.4) is 0 Å². The Bertz CT molecular complexity index is 528. The molecule has 1 rings (SSSR count). The summed E-state index contributed by atoms with van der Waals surface area (Å²) in [4.78, 5) is 0.0610. The van der Waals surface area contributed by atoms with Crippen LogP contribution in [0.5, 0.6) is 0 Å². The van der Waals surface area contributed by atoms with Gasteiger partial charge in [-0.15, -0.1) is 0 Å². The van der Waals surface area contributed by atoms with Crippen LogP contribution in [0, 0.1) is 0 Å². The molecule has 2 N–H and O–H groups in total. The Morgan fingerprint density at radius 3 is 1.76 bits per heavy atom. The van der Waals surface area contributed by atoms with Crippen LogP contribution in [0.2, 0.25) is 0 Å². The molecule has 1 aromatic rings. The number of hydrogen-bond acceptors (Lipinski definition) is 3. The molecule has 0 atom stereocenters. The predicted octanol–water partition coefficient (Wildman–Crippen LogP) is 4.85. The first kappa shape index (κ1) is 27.6. The van der Waals surface area contributed by atoms with E-state index in [4.69, 9.17) is 5.11 Å². The quantitative estimate of drug-likeness (QED) is 0.299. The summed E-state index contributed by atoms with van der Waals surface area (Å²) in [6, 6.07) is 6.73. The zero-order valence-corrected chi connectivity index (χ0v) is 18.9. The van der Waals surface area contributed by atoms with Crippen LogP contribution in [0.4, 0.5) is 0 Å². The first-order valence-electron chi connectivity index (χ1n) is 9.06. The third-order valence-electron chi connectivity index (χ3n) is 4.05. The fourth-order valence-electron chi connectivity index (χ4n) is 2.76. The Hall–Kier alpha value is 0.350. The molecule has 0 fully saturated rings. The first-order valence-corrected chi connectivity index (χ1v) is 10.5. The van der Waals surface area contributed by atoms with Crippen molar-refractivity contribution in [3.63, 3.8) is 0 Å². The van der Waals surface area contributed by atoms with Gasteiger partial charge in [0.1, 0.15) is 0 Å². The van der Waals surface area contributed by atoms with E-state index < -0.39 is 10.1 Å². The van der Waals surface area contributed by atoms with Crippen LogP contribution < -0.4 is 0 Å². The van der Waals surface area contributed by atoms with Gasteiger partial charge in [0.05, 0.1) is 4.90 Å². The molecule has 4 nitrogen and oxygen atoms in total. The molecule has 1 aromatic carbocycles. The minimum atomic E-state index is -4.10. The molecular formula is C19H36CaO4S. The smallest absolute Gasteiger partial charge is 1.00 e. The summed E-state index contributed by atoms with van der Waals surface area (Å²) < 4.78 is 31.8. The van der Waals surface area contributed by atoms with Gasteiger partial charge < -0.3 is 7.96 Å². The van der Waals surface area contributed by atoms with E-state index in [9.17, 15) is 13.0 Å². The molecule has 0 aliphatic rings. The van der Waals surface area contributed by atoms with E-state index in [2.05, 4.69) is 6.92 Å². The molecule has 0 spiro atoms. The third-order valence-corrected chi connectivity index (χ3v) is 5.00. The molecule has 0 heterocycles. The van der Waals surface area contributed by atoms with Crippen molar-refractivity contribution in [3.05, 3.63) is 29.8 Å². The monoisotopic (exact) mass is 400 g/mol. The molecule has 0 aliphatic carbocycles. The molecule has 0 aromatic heterocycles. The van der Waals surface area contributed by atoms with Crippen LogP contribution in [0.15, 0.2) is 29.2 Å². The number of aliphatic hydroxyl groups is 1. The molecule has 6 heteroatoms. The van der Waals surface area contributed by atoms with Crippen molar-refractivity contribution < 1.29 is 20.9 Å². The number of benzene rings is 1. The van der Waals surface area contributed by atoms with Gasteiger partial charge in [0, 0.05) is 7.11 Å². The predicted molar refractivity (Wildman–Crippen MR) is 108 cm³/mol. The summed E-state index contributed by atoms with van der Waals surface area (Å²) >= 11 is 0. The Kier molecular flexibility index (Phi) is 19.6. The van der Waals surface area contributed by atoms with E-state index in [0.29, 0.717) is 6.42 Å². The van der Waals surface area contributed by atoms with E-state index in [1.165, 1.54) is 57.4 Å². The molecule has 0 radical (unpaired) electrons. The van der Waals surface area contributed by atoms with Gasteiger partial charge in [0.2, 0.25) is 0 Å². The maximum atomic E-state index is 11.3. The second-order valence-corrected chi connectivity index (χ2v) is 7.40. The molecule has 0 aliphatic heterocycles. The van der Waals surface area contributed by atoms with Crippen molar-refractivity contribution in [1.29, 1.82) is 0 Å². The second-order valence-electron chi connectivity index (χ2n) is 6.01. The molecule has 25 heavy (non-hydrogen) atoms. The average molecular weight is 401 g/mol. The summed E-state index contributed by atoms with van der Waals surface area (Å²) in [6.07, 6.45) is 13.3. The Labute approximate surface area is 187 Å². The summed E-state index contributed by atoms with van der Waals surface area (Å²) in [5.74, 6) is 0. The maximum absolute atomic E-state index is 11.3. The van der Waals surface area contributed by atoms with Crippen molar-refractivity contribution in [2.24, 2.45) is 0 Å². The number of rotatable bonds is 12. The van der Waals surface area contributed by atoms with Gasteiger partial charge in [-0.05, 0) is 24.5 Å². The molecule has 0 unspecified atom stereocenters. The molecule has 0 saturated carbocycles. The van der Waals surface area contributed by atoms with Crippen molar-refractivity contribution in [2.45, 2.75) is 82.4 Å². The minimum Gasteiger partial charge on any atom is -1.00 e. The topological polar surface area (TPSA) is 74.6 Å².